The quantitative estimate of drug-likeness (QED) is 0.511. The Bertz CT molecular complexity index is 724. The number of nitrogens with two attached hydrogens (primary N) is 1. The van der Waals surface area contributed by atoms with Crippen LogP contribution in [0.15, 0.2) is 23.6 Å². The van der Waals surface area contributed by atoms with E-state index in [4.69, 9.17) is 5.73 Å². The van der Waals surface area contributed by atoms with Crippen LogP contribution >= 0.6 is 22.7 Å². The second-order valence-electron chi connectivity index (χ2n) is 3.89. The number of nitrogens with one attached hydrogen (secondary N) is 1. The number of amides is 1. The Hall–Kier alpha value is -2.21. The minimum atomic E-state index is -0.511. The molecule has 0 unspecified atom stereocenters. The van der Waals surface area contributed by atoms with Crippen molar-refractivity contribution in [2.24, 2.45) is 5.73 Å². The monoisotopic (exact) mass is 321 g/mol. The third-order valence-corrected chi connectivity index (χ3v) is 4.38. The average Bonchev–Trinajstić information content (AvgIpc) is 3.11. The number of nitrogens with zero attached hydrogens (tertiary/aromatic N) is 1. The molecule has 108 valence electrons. The van der Waals surface area contributed by atoms with Gasteiger partial charge in [-0.1, -0.05) is 23.2 Å². The highest BCUT2D eigenvalue weighted by molar-refractivity contribution is 7.17. The summed E-state index contributed by atoms with van der Waals surface area (Å²) in [6.45, 7) is 0.665. The first kappa shape index (κ1) is 15.2. The first-order chi connectivity index (χ1) is 10.1. The van der Waals surface area contributed by atoms with Gasteiger partial charge in [-0.15, -0.1) is 11.3 Å². The van der Waals surface area contributed by atoms with Gasteiger partial charge in [-0.05, 0) is 12.1 Å². The van der Waals surface area contributed by atoms with Crippen LogP contribution in [-0.4, -0.2) is 17.4 Å². The molecule has 0 fully saturated rings. The molecule has 0 spiro atoms. The van der Waals surface area contributed by atoms with E-state index in [1.54, 1.807) is 0 Å². The standard InChI is InChI=1S/C13H11N3O3S2/c14-5-1-2-9-6-10(20-8-9)7-15-13(17)11-3-4-12(21-11)16(18)19/h3-4,6,8H,5,7,14H2,(H,15,17). The molecule has 0 aliphatic heterocycles. The van der Waals surface area contributed by atoms with Gasteiger partial charge in [0, 0.05) is 21.9 Å². The van der Waals surface area contributed by atoms with Crippen molar-refractivity contribution < 1.29 is 9.72 Å². The van der Waals surface area contributed by atoms with Crippen molar-refractivity contribution in [3.05, 3.63) is 49.0 Å². The van der Waals surface area contributed by atoms with Crippen LogP contribution in [0.3, 0.4) is 0 Å². The van der Waals surface area contributed by atoms with Crippen LogP contribution in [0, 0.1) is 22.0 Å². The van der Waals surface area contributed by atoms with Gasteiger partial charge in [-0.25, -0.2) is 0 Å². The van der Waals surface area contributed by atoms with Crippen LogP contribution in [0.25, 0.3) is 0 Å². The number of carbonyl (C=O) groups excluding carboxylic acids is 1. The molecular formula is C13H11N3O3S2. The highest BCUT2D eigenvalue weighted by Crippen LogP contribution is 2.24. The highest BCUT2D eigenvalue weighted by atomic mass is 32.1. The van der Waals surface area contributed by atoms with E-state index >= 15 is 0 Å². The fourth-order valence-corrected chi connectivity index (χ4v) is 2.99. The molecular weight excluding hydrogens is 310 g/mol. The van der Waals surface area contributed by atoms with Gasteiger partial charge in [0.2, 0.25) is 0 Å². The fourth-order valence-electron chi connectivity index (χ4n) is 1.49. The lowest BCUT2D eigenvalue weighted by atomic mass is 10.3. The Morgan fingerprint density at radius 3 is 2.95 bits per heavy atom. The topological polar surface area (TPSA) is 98.3 Å². The maximum atomic E-state index is 11.9. The SMILES string of the molecule is NCC#Cc1csc(CNC(=O)c2ccc([N+](=O)[O-])s2)c1. The van der Waals surface area contributed by atoms with Crippen LogP contribution in [-0.2, 0) is 6.54 Å². The predicted molar refractivity (Wildman–Crippen MR) is 82.4 cm³/mol. The summed E-state index contributed by atoms with van der Waals surface area (Å²) in [5, 5.41) is 15.1. The molecule has 21 heavy (non-hydrogen) atoms. The first-order valence-corrected chi connectivity index (χ1v) is 7.58. The van der Waals surface area contributed by atoms with E-state index in [9.17, 15) is 14.9 Å². The Morgan fingerprint density at radius 2 is 2.29 bits per heavy atom. The molecule has 2 aromatic rings. The molecule has 0 aromatic carbocycles. The van der Waals surface area contributed by atoms with Crippen LogP contribution in [0.2, 0.25) is 0 Å². The maximum absolute atomic E-state index is 11.9. The van der Waals surface area contributed by atoms with Crippen molar-refractivity contribution in [1.82, 2.24) is 5.32 Å². The van der Waals surface area contributed by atoms with Gasteiger partial charge in [0.1, 0.15) is 0 Å². The lowest BCUT2D eigenvalue weighted by Crippen LogP contribution is -2.21. The van der Waals surface area contributed by atoms with Crippen molar-refractivity contribution in [3.8, 4) is 11.8 Å². The predicted octanol–water partition coefficient (Wildman–Crippen LogP) is 1.96. The lowest BCUT2D eigenvalue weighted by Gasteiger charge is -2.00. The molecule has 2 aromatic heterocycles. The Morgan fingerprint density at radius 1 is 1.48 bits per heavy atom. The van der Waals surface area contributed by atoms with E-state index in [0.717, 1.165) is 21.8 Å². The van der Waals surface area contributed by atoms with Gasteiger partial charge in [0.15, 0.2) is 0 Å². The number of thiophene rings is 2. The van der Waals surface area contributed by atoms with E-state index in [1.807, 2.05) is 11.4 Å². The second kappa shape index (κ2) is 6.99. The molecule has 0 saturated carbocycles. The van der Waals surface area contributed by atoms with Crippen LogP contribution in [0.1, 0.15) is 20.1 Å². The van der Waals surface area contributed by atoms with Crippen molar-refractivity contribution in [2.75, 3.05) is 6.54 Å². The van der Waals surface area contributed by atoms with Crippen molar-refractivity contribution >= 4 is 33.6 Å². The lowest BCUT2D eigenvalue weighted by molar-refractivity contribution is -0.380. The molecule has 2 rings (SSSR count). The molecule has 0 atom stereocenters. The normalized spacial score (nSPS) is 9.76. The molecule has 0 aliphatic rings. The Kier molecular flexibility index (Phi) is 5.05. The molecule has 0 aliphatic carbocycles. The number of rotatable bonds is 4. The summed E-state index contributed by atoms with van der Waals surface area (Å²) in [6.07, 6.45) is 0. The molecule has 6 nitrogen and oxygen atoms in total. The van der Waals surface area contributed by atoms with Gasteiger partial charge < -0.3 is 11.1 Å². The molecule has 0 radical (unpaired) electrons. The van der Waals surface area contributed by atoms with Gasteiger partial charge in [-0.3, -0.25) is 14.9 Å². The van der Waals surface area contributed by atoms with Gasteiger partial charge >= 0.3 is 5.00 Å². The fraction of sp³-hybridized carbons (Fsp3) is 0.154. The number of hydrogen-bond donors (Lipinski definition) is 2. The minimum Gasteiger partial charge on any atom is -0.346 e. The largest absolute Gasteiger partial charge is 0.346 e. The third kappa shape index (κ3) is 4.13. The molecule has 8 heteroatoms. The van der Waals surface area contributed by atoms with Crippen LogP contribution < -0.4 is 11.1 Å². The zero-order chi connectivity index (χ0) is 15.2. The third-order valence-electron chi connectivity index (χ3n) is 2.41. The summed E-state index contributed by atoms with van der Waals surface area (Å²) in [7, 11) is 0. The Labute approximate surface area is 128 Å². The summed E-state index contributed by atoms with van der Waals surface area (Å²) in [6, 6.07) is 4.65. The van der Waals surface area contributed by atoms with E-state index < -0.39 is 4.92 Å². The summed E-state index contributed by atoms with van der Waals surface area (Å²) < 4.78 is 0. The summed E-state index contributed by atoms with van der Waals surface area (Å²) in [4.78, 5) is 23.2. The molecule has 0 saturated heterocycles. The zero-order valence-electron chi connectivity index (χ0n) is 10.8. The minimum absolute atomic E-state index is 0.0457. The molecule has 2 heterocycles. The van der Waals surface area contributed by atoms with Crippen LogP contribution in [0.5, 0.6) is 0 Å². The second-order valence-corrected chi connectivity index (χ2v) is 5.94. The number of hydrogen-bond acceptors (Lipinski definition) is 6. The van der Waals surface area contributed by atoms with Crippen LogP contribution in [0.4, 0.5) is 5.00 Å². The van der Waals surface area contributed by atoms with E-state index in [2.05, 4.69) is 17.2 Å². The molecule has 3 N–H and O–H groups in total. The summed E-state index contributed by atoms with van der Waals surface area (Å²) in [5.74, 6) is 5.34. The van der Waals surface area contributed by atoms with Crippen molar-refractivity contribution in [3.63, 3.8) is 0 Å². The zero-order valence-corrected chi connectivity index (χ0v) is 12.4. The van der Waals surface area contributed by atoms with E-state index in [1.165, 1.54) is 23.5 Å². The van der Waals surface area contributed by atoms with Crippen molar-refractivity contribution in [1.29, 1.82) is 0 Å². The smallest absolute Gasteiger partial charge is 0.324 e. The number of carbonyl (C=O) groups is 1. The summed E-state index contributed by atoms with van der Waals surface area (Å²) >= 11 is 2.34. The number of nitro groups is 1. The Balaban J connectivity index is 1.94. The van der Waals surface area contributed by atoms with Gasteiger partial charge in [-0.2, -0.15) is 0 Å². The molecule has 1 amide bonds. The van der Waals surface area contributed by atoms with E-state index in [-0.39, 0.29) is 10.9 Å². The average molecular weight is 321 g/mol. The molecule has 0 bridgehead atoms. The van der Waals surface area contributed by atoms with Gasteiger partial charge in [0.05, 0.1) is 22.9 Å². The summed E-state index contributed by atoms with van der Waals surface area (Å²) in [5.41, 5.74) is 6.16. The van der Waals surface area contributed by atoms with Gasteiger partial charge in [0.25, 0.3) is 5.91 Å². The van der Waals surface area contributed by atoms with Crippen molar-refractivity contribution in [2.45, 2.75) is 6.54 Å². The van der Waals surface area contributed by atoms with E-state index in [0.29, 0.717) is 18.0 Å². The highest BCUT2D eigenvalue weighted by Gasteiger charge is 2.15. The first-order valence-electron chi connectivity index (χ1n) is 5.89. The maximum Gasteiger partial charge on any atom is 0.324 e.